The van der Waals surface area contributed by atoms with E-state index in [-0.39, 0.29) is 11.9 Å². The lowest BCUT2D eigenvalue weighted by Gasteiger charge is -2.38. The molecule has 2 aliphatic heterocycles. The first-order valence-electron chi connectivity index (χ1n) is 11.3. The molecule has 2 fully saturated rings. The summed E-state index contributed by atoms with van der Waals surface area (Å²) in [4.78, 5) is 19.6. The fourth-order valence-corrected chi connectivity index (χ4v) is 5.24. The molecule has 0 aromatic rings. The van der Waals surface area contributed by atoms with Crippen LogP contribution in [-0.2, 0) is 4.79 Å². The molecule has 1 saturated heterocycles. The molecule has 1 saturated carbocycles. The fourth-order valence-electron chi connectivity index (χ4n) is 5.24. The molecule has 2 heterocycles. The van der Waals surface area contributed by atoms with Crippen molar-refractivity contribution in [3.63, 3.8) is 0 Å². The molecule has 0 aromatic heterocycles. The van der Waals surface area contributed by atoms with Crippen LogP contribution < -0.4 is 16.4 Å². The predicted octanol–water partition coefficient (Wildman–Crippen LogP) is 1.91. The average Bonchev–Trinajstić information content (AvgIpc) is 2.98. The number of hydrogen-bond donors (Lipinski definition) is 4. The first-order valence-corrected chi connectivity index (χ1v) is 11.3. The second-order valence-corrected chi connectivity index (χ2v) is 9.06. The predicted molar refractivity (Wildman–Crippen MR) is 112 cm³/mol. The van der Waals surface area contributed by atoms with Crippen LogP contribution in [-0.4, -0.2) is 53.4 Å². The van der Waals surface area contributed by atoms with Gasteiger partial charge in [0.2, 0.25) is 0 Å². The Morgan fingerprint density at radius 3 is 2.71 bits per heavy atom. The Balaban J connectivity index is 1.61. The Bertz CT molecular complexity index is 549. The molecule has 2 unspecified atom stereocenters. The van der Waals surface area contributed by atoms with E-state index < -0.39 is 11.9 Å². The largest absolute Gasteiger partial charge is 0.370 e. The van der Waals surface area contributed by atoms with Crippen molar-refractivity contribution in [1.82, 2.24) is 15.5 Å². The van der Waals surface area contributed by atoms with Gasteiger partial charge in [-0.15, -0.1) is 0 Å². The summed E-state index contributed by atoms with van der Waals surface area (Å²) in [5.74, 6) is 1.31. The van der Waals surface area contributed by atoms with Crippen molar-refractivity contribution in [3.05, 3.63) is 0 Å². The quantitative estimate of drug-likeness (QED) is 0.448. The van der Waals surface area contributed by atoms with E-state index in [1.165, 1.54) is 32.1 Å². The zero-order chi connectivity index (χ0) is 20.0. The molecule has 7 nitrogen and oxygen atoms in total. The summed E-state index contributed by atoms with van der Waals surface area (Å²) in [5.41, 5.74) is 5.19. The van der Waals surface area contributed by atoms with Crippen LogP contribution in [0.2, 0.25) is 0 Å². The monoisotopic (exact) mass is 393 g/mol. The Morgan fingerprint density at radius 2 is 2.04 bits per heavy atom. The first-order chi connectivity index (χ1) is 13.5. The highest BCUT2D eigenvalue weighted by Crippen LogP contribution is 2.37. The summed E-state index contributed by atoms with van der Waals surface area (Å²) >= 11 is 0. The third-order valence-electron chi connectivity index (χ3n) is 6.79. The number of nitrogens with one attached hydrogen (secondary N) is 2. The van der Waals surface area contributed by atoms with Crippen LogP contribution in [0.4, 0.5) is 0 Å². The van der Waals surface area contributed by atoms with E-state index >= 15 is 0 Å². The molecule has 0 aromatic carbocycles. The number of piperidine rings is 1. The molecule has 160 valence electrons. The van der Waals surface area contributed by atoms with Crippen LogP contribution in [0.25, 0.3) is 0 Å². The highest BCUT2D eigenvalue weighted by Gasteiger charge is 2.45. The number of carbonyl (C=O) groups is 1. The maximum absolute atomic E-state index is 12.8. The minimum Gasteiger partial charge on any atom is -0.370 e. The van der Waals surface area contributed by atoms with Crippen molar-refractivity contribution in [3.8, 4) is 0 Å². The van der Waals surface area contributed by atoms with Gasteiger partial charge in [-0.1, -0.05) is 39.0 Å². The molecule has 28 heavy (non-hydrogen) atoms. The third kappa shape index (κ3) is 5.45. The maximum atomic E-state index is 12.8. The highest BCUT2D eigenvalue weighted by molar-refractivity contribution is 6.06. The van der Waals surface area contributed by atoms with Crippen LogP contribution in [0, 0.1) is 11.8 Å². The van der Waals surface area contributed by atoms with Gasteiger partial charge in [-0.2, -0.15) is 0 Å². The molecular formula is C21H39N5O2. The van der Waals surface area contributed by atoms with Crippen LogP contribution in [0.5, 0.6) is 0 Å². The normalized spacial score (nSPS) is 30.9. The second kappa shape index (κ2) is 10.0. The van der Waals surface area contributed by atoms with Crippen molar-refractivity contribution in [2.45, 2.75) is 89.4 Å². The lowest BCUT2D eigenvalue weighted by molar-refractivity contribution is -0.125. The number of aliphatic hydroxyl groups is 1. The van der Waals surface area contributed by atoms with Gasteiger partial charge in [-0.3, -0.25) is 20.3 Å². The molecular weight excluding hydrogens is 354 g/mol. The summed E-state index contributed by atoms with van der Waals surface area (Å²) in [6.45, 7) is 4.58. The number of hydrogen-bond acceptors (Lipinski definition) is 6. The van der Waals surface area contributed by atoms with Crippen molar-refractivity contribution >= 4 is 11.9 Å². The minimum absolute atomic E-state index is 0.0254. The second-order valence-electron chi connectivity index (χ2n) is 9.06. The third-order valence-corrected chi connectivity index (χ3v) is 6.79. The van der Waals surface area contributed by atoms with Crippen LogP contribution in [0.15, 0.2) is 4.99 Å². The van der Waals surface area contributed by atoms with Gasteiger partial charge in [0.05, 0.1) is 0 Å². The molecule has 3 aliphatic rings. The Kier molecular flexibility index (Phi) is 7.71. The molecule has 0 radical (unpaired) electrons. The SMILES string of the molecule is CCCNC(O)N1CCCC(C[C@@]2(CCC3CCCCC3)N=C(N)NC2=O)C1. The van der Waals surface area contributed by atoms with E-state index in [9.17, 15) is 9.90 Å². The summed E-state index contributed by atoms with van der Waals surface area (Å²) in [7, 11) is 0. The van der Waals surface area contributed by atoms with E-state index in [2.05, 4.69) is 27.4 Å². The Labute approximate surface area is 169 Å². The summed E-state index contributed by atoms with van der Waals surface area (Å²) in [6, 6.07) is 0. The number of aliphatic hydroxyl groups excluding tert-OH is 1. The van der Waals surface area contributed by atoms with E-state index in [4.69, 9.17) is 5.73 Å². The van der Waals surface area contributed by atoms with E-state index in [0.717, 1.165) is 64.1 Å². The molecule has 0 bridgehead atoms. The Morgan fingerprint density at radius 1 is 1.29 bits per heavy atom. The molecule has 3 rings (SSSR count). The topological polar surface area (TPSA) is 103 Å². The van der Waals surface area contributed by atoms with Crippen LogP contribution in [0.3, 0.4) is 0 Å². The zero-order valence-electron chi connectivity index (χ0n) is 17.5. The number of nitrogens with two attached hydrogens (primary N) is 1. The van der Waals surface area contributed by atoms with Gasteiger partial charge in [-0.05, 0) is 56.9 Å². The van der Waals surface area contributed by atoms with Crippen molar-refractivity contribution < 1.29 is 9.90 Å². The molecule has 0 spiro atoms. The number of nitrogens with zero attached hydrogens (tertiary/aromatic N) is 2. The van der Waals surface area contributed by atoms with Gasteiger partial charge in [-0.25, -0.2) is 4.99 Å². The number of likely N-dealkylation sites (tertiary alicyclic amines) is 1. The molecule has 7 heteroatoms. The van der Waals surface area contributed by atoms with Crippen molar-refractivity contribution in [2.24, 2.45) is 22.6 Å². The summed E-state index contributed by atoms with van der Waals surface area (Å²) < 4.78 is 0. The number of rotatable bonds is 9. The van der Waals surface area contributed by atoms with Crippen LogP contribution >= 0.6 is 0 Å². The van der Waals surface area contributed by atoms with Gasteiger partial charge in [0.25, 0.3) is 5.91 Å². The first kappa shape index (κ1) is 21.5. The lowest BCUT2D eigenvalue weighted by Crippen LogP contribution is -2.51. The molecule has 1 amide bonds. The van der Waals surface area contributed by atoms with Crippen molar-refractivity contribution in [1.29, 1.82) is 0 Å². The standard InChI is InChI=1S/C21H39N5O2/c1-2-12-23-20(28)26-13-6-9-17(15-26)14-21(18(27)24-19(22)25-21)11-10-16-7-4-3-5-8-16/h16-17,20,23,28H,2-15H2,1H3,(H3,22,24,25,27)/t17?,20?,21-/m1/s1. The highest BCUT2D eigenvalue weighted by atomic mass is 16.3. The van der Waals surface area contributed by atoms with Crippen LogP contribution in [0.1, 0.15) is 77.6 Å². The van der Waals surface area contributed by atoms with Gasteiger partial charge in [0, 0.05) is 13.1 Å². The molecule has 1 aliphatic carbocycles. The van der Waals surface area contributed by atoms with Crippen molar-refractivity contribution in [2.75, 3.05) is 19.6 Å². The zero-order valence-corrected chi connectivity index (χ0v) is 17.5. The van der Waals surface area contributed by atoms with E-state index in [0.29, 0.717) is 5.92 Å². The maximum Gasteiger partial charge on any atom is 0.254 e. The fraction of sp³-hybridized carbons (Fsp3) is 0.905. The van der Waals surface area contributed by atoms with Gasteiger partial charge >= 0.3 is 0 Å². The Hall–Kier alpha value is -1.18. The van der Waals surface area contributed by atoms with Gasteiger partial charge in [0.15, 0.2) is 12.3 Å². The van der Waals surface area contributed by atoms with E-state index in [1.807, 2.05) is 0 Å². The number of amides is 1. The lowest BCUT2D eigenvalue weighted by atomic mass is 9.77. The van der Waals surface area contributed by atoms with E-state index in [1.54, 1.807) is 0 Å². The summed E-state index contributed by atoms with van der Waals surface area (Å²) in [5, 5.41) is 16.3. The summed E-state index contributed by atoms with van der Waals surface area (Å²) in [6.07, 6.45) is 11.6. The number of aliphatic imine (C=N–C) groups is 1. The van der Waals surface area contributed by atoms with Gasteiger partial charge < -0.3 is 10.8 Å². The number of carbonyl (C=O) groups excluding carboxylic acids is 1. The smallest absolute Gasteiger partial charge is 0.254 e. The molecule has 3 atom stereocenters. The minimum atomic E-state index is -0.711. The van der Waals surface area contributed by atoms with Gasteiger partial charge in [0.1, 0.15) is 5.54 Å². The number of guanidine groups is 1. The average molecular weight is 394 g/mol. The molecule has 5 N–H and O–H groups in total.